The van der Waals surface area contributed by atoms with Crippen molar-refractivity contribution in [2.75, 3.05) is 38.5 Å². The van der Waals surface area contributed by atoms with Crippen LogP contribution in [0.25, 0.3) is 0 Å². The first-order chi connectivity index (χ1) is 9.21. The summed E-state index contributed by atoms with van der Waals surface area (Å²) >= 11 is 0. The van der Waals surface area contributed by atoms with Crippen molar-refractivity contribution >= 4 is 11.6 Å². The van der Waals surface area contributed by atoms with Gasteiger partial charge in [0.15, 0.2) is 0 Å². The van der Waals surface area contributed by atoms with Crippen LogP contribution >= 0.6 is 0 Å². The lowest BCUT2D eigenvalue weighted by Gasteiger charge is -2.17. The number of hydrogen-bond donors (Lipinski definition) is 2. The maximum Gasteiger partial charge on any atom is 0.269 e. The standard InChI is InChI=1S/C14H24N4O/c1-4-18(5-2)10-6-8-16-12-7-9-17-13(11-12)14(19)15-3/h7,9,11H,4-6,8,10H2,1-3H3,(H,15,19)(H,16,17). The zero-order valence-electron chi connectivity index (χ0n) is 12.1. The van der Waals surface area contributed by atoms with Gasteiger partial charge >= 0.3 is 0 Å². The molecule has 5 nitrogen and oxygen atoms in total. The summed E-state index contributed by atoms with van der Waals surface area (Å²) in [5.41, 5.74) is 1.38. The molecule has 1 amide bonds. The summed E-state index contributed by atoms with van der Waals surface area (Å²) in [6, 6.07) is 3.65. The Hall–Kier alpha value is -1.62. The van der Waals surface area contributed by atoms with Gasteiger partial charge in [-0.3, -0.25) is 9.78 Å². The predicted molar refractivity (Wildman–Crippen MR) is 78.5 cm³/mol. The van der Waals surface area contributed by atoms with Gasteiger partial charge in [0.25, 0.3) is 5.91 Å². The van der Waals surface area contributed by atoms with E-state index in [1.165, 1.54) is 0 Å². The highest BCUT2D eigenvalue weighted by molar-refractivity contribution is 5.92. The number of carbonyl (C=O) groups is 1. The van der Waals surface area contributed by atoms with E-state index in [1.54, 1.807) is 19.3 Å². The second kappa shape index (κ2) is 8.48. The van der Waals surface area contributed by atoms with Crippen molar-refractivity contribution in [2.45, 2.75) is 20.3 Å². The van der Waals surface area contributed by atoms with Gasteiger partial charge in [-0.1, -0.05) is 13.8 Å². The Morgan fingerprint density at radius 2 is 2.11 bits per heavy atom. The molecule has 0 radical (unpaired) electrons. The minimum atomic E-state index is -0.160. The van der Waals surface area contributed by atoms with E-state index in [9.17, 15) is 4.79 Å². The Kier molecular flexibility index (Phi) is 6.89. The molecule has 0 bridgehead atoms. The molecule has 0 spiro atoms. The largest absolute Gasteiger partial charge is 0.385 e. The number of anilines is 1. The average molecular weight is 264 g/mol. The number of hydrogen-bond acceptors (Lipinski definition) is 4. The van der Waals surface area contributed by atoms with Gasteiger partial charge in [-0.2, -0.15) is 0 Å². The molecule has 106 valence electrons. The van der Waals surface area contributed by atoms with Gasteiger partial charge in [0.05, 0.1) is 0 Å². The number of nitrogens with one attached hydrogen (secondary N) is 2. The fraction of sp³-hybridized carbons (Fsp3) is 0.571. The third-order valence-corrected chi connectivity index (χ3v) is 3.09. The Bertz CT molecular complexity index is 391. The number of aromatic nitrogens is 1. The lowest BCUT2D eigenvalue weighted by Crippen LogP contribution is -2.25. The summed E-state index contributed by atoms with van der Waals surface area (Å²) in [5, 5.41) is 5.89. The fourth-order valence-electron chi connectivity index (χ4n) is 1.87. The van der Waals surface area contributed by atoms with E-state index in [2.05, 4.69) is 34.4 Å². The van der Waals surface area contributed by atoms with E-state index < -0.39 is 0 Å². The molecular weight excluding hydrogens is 240 g/mol. The SMILES string of the molecule is CCN(CC)CCCNc1ccnc(C(=O)NC)c1. The fourth-order valence-corrected chi connectivity index (χ4v) is 1.87. The molecule has 1 aromatic rings. The molecular formula is C14H24N4O. The Morgan fingerprint density at radius 1 is 1.37 bits per heavy atom. The number of nitrogens with zero attached hydrogens (tertiary/aromatic N) is 2. The number of carbonyl (C=O) groups excluding carboxylic acids is 1. The molecule has 0 atom stereocenters. The maximum absolute atomic E-state index is 11.5. The maximum atomic E-state index is 11.5. The molecule has 0 aliphatic heterocycles. The van der Waals surface area contributed by atoms with Crippen molar-refractivity contribution in [1.29, 1.82) is 0 Å². The topological polar surface area (TPSA) is 57.3 Å². The Balaban J connectivity index is 2.39. The molecule has 2 N–H and O–H groups in total. The molecule has 0 aliphatic carbocycles. The van der Waals surface area contributed by atoms with E-state index in [0.717, 1.165) is 38.3 Å². The highest BCUT2D eigenvalue weighted by Crippen LogP contribution is 2.07. The summed E-state index contributed by atoms with van der Waals surface area (Å²) in [6.45, 7) is 8.52. The molecule has 1 rings (SSSR count). The van der Waals surface area contributed by atoms with Crippen molar-refractivity contribution in [2.24, 2.45) is 0 Å². The molecule has 1 heterocycles. The molecule has 0 aliphatic rings. The van der Waals surface area contributed by atoms with E-state index >= 15 is 0 Å². The first-order valence-electron chi connectivity index (χ1n) is 6.85. The first-order valence-corrected chi connectivity index (χ1v) is 6.85. The highest BCUT2D eigenvalue weighted by atomic mass is 16.1. The number of amides is 1. The van der Waals surface area contributed by atoms with Crippen LogP contribution in [0.3, 0.4) is 0 Å². The summed E-state index contributed by atoms with van der Waals surface area (Å²) in [6.07, 6.45) is 2.73. The minimum Gasteiger partial charge on any atom is -0.385 e. The van der Waals surface area contributed by atoms with E-state index in [1.807, 2.05) is 6.07 Å². The lowest BCUT2D eigenvalue weighted by molar-refractivity contribution is 0.0958. The van der Waals surface area contributed by atoms with Crippen LogP contribution in [-0.2, 0) is 0 Å². The molecule has 19 heavy (non-hydrogen) atoms. The Morgan fingerprint density at radius 3 is 2.74 bits per heavy atom. The van der Waals surface area contributed by atoms with Crippen LogP contribution in [0.5, 0.6) is 0 Å². The van der Waals surface area contributed by atoms with E-state index in [4.69, 9.17) is 0 Å². The predicted octanol–water partition coefficient (Wildman–Crippen LogP) is 1.58. The van der Waals surface area contributed by atoms with Crippen molar-refractivity contribution in [3.63, 3.8) is 0 Å². The second-order valence-corrected chi connectivity index (χ2v) is 4.32. The van der Waals surface area contributed by atoms with Crippen LogP contribution in [-0.4, -0.2) is 49.0 Å². The summed E-state index contributed by atoms with van der Waals surface area (Å²) in [5.74, 6) is -0.160. The van der Waals surface area contributed by atoms with Gasteiger partial charge in [-0.15, -0.1) is 0 Å². The Labute approximate surface area is 115 Å². The smallest absolute Gasteiger partial charge is 0.269 e. The molecule has 1 aromatic heterocycles. The molecule has 5 heteroatoms. The summed E-state index contributed by atoms with van der Waals surface area (Å²) in [7, 11) is 1.61. The average Bonchev–Trinajstić information content (AvgIpc) is 2.47. The third kappa shape index (κ3) is 5.26. The zero-order chi connectivity index (χ0) is 14.1. The van der Waals surface area contributed by atoms with Gasteiger partial charge in [-0.25, -0.2) is 0 Å². The van der Waals surface area contributed by atoms with Crippen molar-refractivity contribution in [3.8, 4) is 0 Å². The van der Waals surface area contributed by atoms with E-state index in [0.29, 0.717) is 5.69 Å². The molecule has 0 fully saturated rings. The number of rotatable bonds is 8. The van der Waals surface area contributed by atoms with Gasteiger partial charge in [0.2, 0.25) is 0 Å². The van der Waals surface area contributed by atoms with Crippen molar-refractivity contribution in [3.05, 3.63) is 24.0 Å². The quantitative estimate of drug-likeness (QED) is 0.700. The molecule has 0 saturated heterocycles. The number of pyridine rings is 1. The van der Waals surface area contributed by atoms with Gasteiger partial charge < -0.3 is 15.5 Å². The monoisotopic (exact) mass is 264 g/mol. The highest BCUT2D eigenvalue weighted by Gasteiger charge is 2.05. The normalized spacial score (nSPS) is 10.5. The minimum absolute atomic E-state index is 0.160. The lowest BCUT2D eigenvalue weighted by atomic mass is 10.3. The van der Waals surface area contributed by atoms with Crippen LogP contribution in [0, 0.1) is 0 Å². The van der Waals surface area contributed by atoms with Gasteiger partial charge in [-0.05, 0) is 38.2 Å². The third-order valence-electron chi connectivity index (χ3n) is 3.09. The van der Waals surface area contributed by atoms with Crippen LogP contribution in [0.1, 0.15) is 30.8 Å². The molecule has 0 saturated carbocycles. The second-order valence-electron chi connectivity index (χ2n) is 4.32. The molecule has 0 aromatic carbocycles. The van der Waals surface area contributed by atoms with Crippen molar-refractivity contribution in [1.82, 2.24) is 15.2 Å². The van der Waals surface area contributed by atoms with Gasteiger partial charge in [0.1, 0.15) is 5.69 Å². The van der Waals surface area contributed by atoms with Crippen LogP contribution < -0.4 is 10.6 Å². The molecule has 0 unspecified atom stereocenters. The van der Waals surface area contributed by atoms with Gasteiger partial charge in [0, 0.05) is 25.5 Å². The summed E-state index contributed by atoms with van der Waals surface area (Å²) in [4.78, 5) is 17.9. The van der Waals surface area contributed by atoms with Crippen molar-refractivity contribution < 1.29 is 4.79 Å². The zero-order valence-corrected chi connectivity index (χ0v) is 12.1. The van der Waals surface area contributed by atoms with E-state index in [-0.39, 0.29) is 5.91 Å². The van der Waals surface area contributed by atoms with Crippen LogP contribution in [0.4, 0.5) is 5.69 Å². The van der Waals surface area contributed by atoms with Crippen LogP contribution in [0.15, 0.2) is 18.3 Å². The summed E-state index contributed by atoms with van der Waals surface area (Å²) < 4.78 is 0. The van der Waals surface area contributed by atoms with Crippen LogP contribution in [0.2, 0.25) is 0 Å². The first kappa shape index (κ1) is 15.4.